The third-order valence-electron chi connectivity index (χ3n) is 6.92. The first kappa shape index (κ1) is 23.7. The van der Waals surface area contributed by atoms with E-state index in [1.807, 2.05) is 36.4 Å². The van der Waals surface area contributed by atoms with Gasteiger partial charge in [0.05, 0.1) is 27.2 Å². The molecule has 7 heteroatoms. The molecule has 0 fully saturated rings. The molecule has 0 bridgehead atoms. The summed E-state index contributed by atoms with van der Waals surface area (Å²) in [6, 6.07) is 13.6. The van der Waals surface area contributed by atoms with Crippen LogP contribution in [0.1, 0.15) is 63.2 Å². The molecule has 180 valence electrons. The van der Waals surface area contributed by atoms with Gasteiger partial charge in [0.25, 0.3) is 11.8 Å². The molecule has 1 aromatic carbocycles. The first-order valence-electron chi connectivity index (χ1n) is 11.8. The van der Waals surface area contributed by atoms with Crippen LogP contribution in [0.2, 0.25) is 0 Å². The number of rotatable bonds is 4. The summed E-state index contributed by atoms with van der Waals surface area (Å²) in [5.74, 6) is -0.216. The quantitative estimate of drug-likeness (QED) is 0.320. The van der Waals surface area contributed by atoms with Gasteiger partial charge in [-0.1, -0.05) is 39.0 Å². The number of nitrogens with zero attached hydrogens (tertiary/aromatic N) is 1. The highest BCUT2D eigenvalue weighted by Gasteiger charge is 2.33. The van der Waals surface area contributed by atoms with Crippen LogP contribution in [0.4, 0.5) is 5.00 Å². The van der Waals surface area contributed by atoms with E-state index < -0.39 is 5.91 Å². The molecule has 1 atom stereocenters. The van der Waals surface area contributed by atoms with Crippen molar-refractivity contribution in [1.29, 1.82) is 0 Å². The van der Waals surface area contributed by atoms with Crippen molar-refractivity contribution in [3.63, 3.8) is 0 Å². The van der Waals surface area contributed by atoms with Gasteiger partial charge in [-0.2, -0.15) is 0 Å². The Morgan fingerprint density at radius 1 is 1.11 bits per heavy atom. The lowest BCUT2D eigenvalue weighted by atomic mass is 9.72. The molecule has 3 aromatic heterocycles. The molecule has 1 aliphatic carbocycles. The Balaban J connectivity index is 1.55. The second-order valence-corrected chi connectivity index (χ2v) is 12.7. The summed E-state index contributed by atoms with van der Waals surface area (Å²) >= 11 is 3.14. The molecule has 5 nitrogen and oxygen atoms in total. The Labute approximate surface area is 213 Å². The molecule has 0 unspecified atom stereocenters. The molecule has 0 saturated heterocycles. The van der Waals surface area contributed by atoms with E-state index >= 15 is 0 Å². The van der Waals surface area contributed by atoms with Gasteiger partial charge in [-0.05, 0) is 67.3 Å². The SMILES string of the molecule is Cc1ccc(-c2cc(C(=O)Nc3sc4c(c3C(N)=O)CC[C@H](C(C)(C)C)C4)c3ccccc3n2)s1. The third-order valence-corrected chi connectivity index (χ3v) is 9.11. The Kier molecular flexibility index (Phi) is 6.01. The van der Waals surface area contributed by atoms with Crippen LogP contribution in [0.5, 0.6) is 0 Å². The molecule has 0 radical (unpaired) electrons. The summed E-state index contributed by atoms with van der Waals surface area (Å²) in [6.45, 7) is 8.83. The van der Waals surface area contributed by atoms with Crippen LogP contribution < -0.4 is 11.1 Å². The molecule has 5 rings (SSSR count). The summed E-state index contributed by atoms with van der Waals surface area (Å²) in [6.07, 6.45) is 2.72. The summed E-state index contributed by atoms with van der Waals surface area (Å²) in [5, 5.41) is 4.38. The average Bonchev–Trinajstić information content (AvgIpc) is 3.40. The Hall–Kier alpha value is -3.03. The van der Waals surface area contributed by atoms with Crippen molar-refractivity contribution in [2.75, 3.05) is 5.32 Å². The van der Waals surface area contributed by atoms with Crippen molar-refractivity contribution in [2.24, 2.45) is 17.1 Å². The smallest absolute Gasteiger partial charge is 0.257 e. The van der Waals surface area contributed by atoms with Gasteiger partial charge in [0.1, 0.15) is 5.00 Å². The highest BCUT2D eigenvalue weighted by molar-refractivity contribution is 7.17. The Morgan fingerprint density at radius 3 is 2.57 bits per heavy atom. The number of carbonyl (C=O) groups excluding carboxylic acids is 2. The molecule has 3 N–H and O–H groups in total. The van der Waals surface area contributed by atoms with E-state index in [1.165, 1.54) is 16.2 Å². The summed E-state index contributed by atoms with van der Waals surface area (Å²) < 4.78 is 0. The van der Waals surface area contributed by atoms with Gasteiger partial charge < -0.3 is 11.1 Å². The van der Waals surface area contributed by atoms with Gasteiger partial charge in [-0.25, -0.2) is 4.98 Å². The van der Waals surface area contributed by atoms with Gasteiger partial charge in [-0.3, -0.25) is 9.59 Å². The fraction of sp³-hybridized carbons (Fsp3) is 0.321. The average molecular weight is 504 g/mol. The predicted octanol–water partition coefficient (Wildman–Crippen LogP) is 6.84. The second-order valence-electron chi connectivity index (χ2n) is 10.3. The van der Waals surface area contributed by atoms with Crippen molar-refractivity contribution in [3.8, 4) is 10.6 Å². The van der Waals surface area contributed by atoms with E-state index in [9.17, 15) is 9.59 Å². The zero-order valence-electron chi connectivity index (χ0n) is 20.4. The highest BCUT2D eigenvalue weighted by Crippen LogP contribution is 2.44. The number of carbonyl (C=O) groups is 2. The first-order valence-corrected chi connectivity index (χ1v) is 13.5. The number of hydrogen-bond acceptors (Lipinski definition) is 5. The number of para-hydroxylation sites is 1. The van der Waals surface area contributed by atoms with Crippen LogP contribution in [0, 0.1) is 18.3 Å². The minimum atomic E-state index is -0.485. The number of fused-ring (bicyclic) bond motifs is 2. The fourth-order valence-electron chi connectivity index (χ4n) is 4.91. The number of nitrogens with one attached hydrogen (secondary N) is 1. The van der Waals surface area contributed by atoms with E-state index in [4.69, 9.17) is 10.7 Å². The molecular weight excluding hydrogens is 474 g/mol. The Bertz CT molecular complexity index is 1460. The van der Waals surface area contributed by atoms with Crippen LogP contribution in [0.25, 0.3) is 21.5 Å². The largest absolute Gasteiger partial charge is 0.365 e. The van der Waals surface area contributed by atoms with Crippen molar-refractivity contribution in [3.05, 3.63) is 68.9 Å². The number of hydrogen-bond donors (Lipinski definition) is 2. The van der Waals surface area contributed by atoms with Crippen molar-refractivity contribution in [1.82, 2.24) is 4.98 Å². The van der Waals surface area contributed by atoms with Gasteiger partial charge in [0.2, 0.25) is 0 Å². The lowest BCUT2D eigenvalue weighted by Crippen LogP contribution is -2.27. The molecule has 35 heavy (non-hydrogen) atoms. The fourth-order valence-corrected chi connectivity index (χ4v) is 7.06. The van der Waals surface area contributed by atoms with Crippen LogP contribution >= 0.6 is 22.7 Å². The minimum absolute atomic E-state index is 0.185. The number of amides is 2. The zero-order valence-corrected chi connectivity index (χ0v) is 22.0. The minimum Gasteiger partial charge on any atom is -0.365 e. The second kappa shape index (κ2) is 8.88. The van der Waals surface area contributed by atoms with E-state index in [0.717, 1.165) is 51.2 Å². The van der Waals surface area contributed by atoms with Gasteiger partial charge in [0, 0.05) is 15.1 Å². The topological polar surface area (TPSA) is 85.1 Å². The highest BCUT2D eigenvalue weighted by atomic mass is 32.1. The molecule has 3 heterocycles. The maximum absolute atomic E-state index is 13.6. The molecule has 0 spiro atoms. The number of benzene rings is 1. The molecule has 4 aromatic rings. The van der Waals surface area contributed by atoms with E-state index in [1.54, 1.807) is 11.3 Å². The Morgan fingerprint density at radius 2 is 1.89 bits per heavy atom. The van der Waals surface area contributed by atoms with Gasteiger partial charge in [0.15, 0.2) is 0 Å². The number of pyridine rings is 1. The first-order chi connectivity index (χ1) is 16.6. The number of aryl methyl sites for hydroxylation is 1. The summed E-state index contributed by atoms with van der Waals surface area (Å²) in [4.78, 5) is 34.3. The lowest BCUT2D eigenvalue weighted by Gasteiger charge is -2.33. The van der Waals surface area contributed by atoms with Crippen LogP contribution in [0.15, 0.2) is 42.5 Å². The van der Waals surface area contributed by atoms with Crippen molar-refractivity contribution in [2.45, 2.75) is 47.0 Å². The zero-order chi connectivity index (χ0) is 24.9. The number of nitrogens with two attached hydrogens (primary N) is 1. The maximum atomic E-state index is 13.6. The maximum Gasteiger partial charge on any atom is 0.257 e. The monoisotopic (exact) mass is 503 g/mol. The molecule has 0 aliphatic heterocycles. The number of primary amides is 1. The van der Waals surface area contributed by atoms with Crippen LogP contribution in [-0.4, -0.2) is 16.8 Å². The standard InChI is InChI=1S/C28H29N3O2S2/c1-15-9-12-22(34-15)21-14-19(17-7-5-6-8-20(17)30-21)26(33)31-27-24(25(29)32)18-11-10-16(28(2,3)4)13-23(18)35-27/h5-9,12,14,16H,10-11,13H2,1-4H3,(H2,29,32)(H,31,33)/t16-/m0/s1. The molecular formula is C28H29N3O2S2. The normalized spacial score (nSPS) is 15.7. The summed E-state index contributed by atoms with van der Waals surface area (Å²) in [5.41, 5.74) is 9.54. The van der Waals surface area contributed by atoms with E-state index in [0.29, 0.717) is 22.0 Å². The number of anilines is 1. The number of aromatic nitrogens is 1. The predicted molar refractivity (Wildman–Crippen MR) is 146 cm³/mol. The third kappa shape index (κ3) is 4.50. The van der Waals surface area contributed by atoms with Gasteiger partial charge in [-0.15, -0.1) is 22.7 Å². The van der Waals surface area contributed by atoms with Gasteiger partial charge >= 0.3 is 0 Å². The van der Waals surface area contributed by atoms with Crippen LogP contribution in [0.3, 0.4) is 0 Å². The molecule has 1 aliphatic rings. The van der Waals surface area contributed by atoms with Crippen LogP contribution in [-0.2, 0) is 12.8 Å². The van der Waals surface area contributed by atoms with Crippen molar-refractivity contribution >= 4 is 50.4 Å². The molecule has 0 saturated carbocycles. The molecule has 2 amide bonds. The number of thiophene rings is 2. The van der Waals surface area contributed by atoms with E-state index in [-0.39, 0.29) is 11.3 Å². The lowest BCUT2D eigenvalue weighted by molar-refractivity contribution is 0.1000. The van der Waals surface area contributed by atoms with E-state index in [2.05, 4.69) is 39.1 Å². The van der Waals surface area contributed by atoms with Crippen molar-refractivity contribution < 1.29 is 9.59 Å². The summed E-state index contributed by atoms with van der Waals surface area (Å²) in [7, 11) is 0.